The highest BCUT2D eigenvalue weighted by Crippen LogP contribution is 2.29. The van der Waals surface area contributed by atoms with Crippen molar-refractivity contribution in [1.29, 1.82) is 0 Å². The van der Waals surface area contributed by atoms with Crippen molar-refractivity contribution in [3.05, 3.63) is 58.8 Å². The zero-order valence-electron chi connectivity index (χ0n) is 11.4. The number of nitrogens with one attached hydrogen (secondary N) is 1. The van der Waals surface area contributed by atoms with Gasteiger partial charge in [-0.15, -0.1) is 11.3 Å². The van der Waals surface area contributed by atoms with Gasteiger partial charge in [0.25, 0.3) is 0 Å². The zero-order valence-corrected chi connectivity index (χ0v) is 12.2. The number of rotatable bonds is 5. The molecule has 0 amide bonds. The molecule has 0 aliphatic heterocycles. The van der Waals surface area contributed by atoms with E-state index in [4.69, 9.17) is 0 Å². The molecule has 3 aromatic rings. The van der Waals surface area contributed by atoms with E-state index in [9.17, 15) is 0 Å². The number of benzene rings is 1. The Balaban J connectivity index is 2.09. The lowest BCUT2D eigenvalue weighted by Crippen LogP contribution is -2.22. The molecular weight excluding hydrogens is 266 g/mol. The summed E-state index contributed by atoms with van der Waals surface area (Å²) in [5.41, 5.74) is 3.11. The second-order valence-corrected chi connectivity index (χ2v) is 5.66. The quantitative estimate of drug-likeness (QED) is 0.774. The maximum Gasteiger partial charge on any atom is 0.0794 e. The van der Waals surface area contributed by atoms with Gasteiger partial charge in [-0.1, -0.05) is 31.2 Å². The minimum atomic E-state index is 0.168. The molecule has 2 heterocycles. The maximum atomic E-state index is 4.40. The minimum Gasteiger partial charge on any atom is -0.305 e. The first-order chi connectivity index (χ1) is 9.90. The van der Waals surface area contributed by atoms with Crippen LogP contribution in [0.4, 0.5) is 0 Å². The van der Waals surface area contributed by atoms with Crippen molar-refractivity contribution in [3.63, 3.8) is 0 Å². The Morgan fingerprint density at radius 1 is 1.15 bits per heavy atom. The predicted molar refractivity (Wildman–Crippen MR) is 84.0 cm³/mol. The van der Waals surface area contributed by atoms with Crippen molar-refractivity contribution < 1.29 is 0 Å². The summed E-state index contributed by atoms with van der Waals surface area (Å²) in [5, 5.41) is 6.04. The molecule has 0 bridgehead atoms. The van der Waals surface area contributed by atoms with Gasteiger partial charge >= 0.3 is 0 Å². The Labute approximate surface area is 122 Å². The summed E-state index contributed by atoms with van der Waals surface area (Å²) in [6.45, 7) is 3.16. The van der Waals surface area contributed by atoms with Crippen molar-refractivity contribution in [3.8, 4) is 0 Å². The first-order valence-electron chi connectivity index (χ1n) is 6.84. The second-order valence-electron chi connectivity index (χ2n) is 4.74. The summed E-state index contributed by atoms with van der Waals surface area (Å²) < 4.78 is 0. The molecule has 0 saturated carbocycles. The van der Waals surface area contributed by atoms with Gasteiger partial charge in [0.05, 0.1) is 11.6 Å². The fourth-order valence-corrected chi connectivity index (χ4v) is 3.10. The SMILES string of the molecule is CCCNC(c1cncs1)c1cncc2ccccc12. The summed E-state index contributed by atoms with van der Waals surface area (Å²) >= 11 is 1.68. The average molecular weight is 283 g/mol. The Morgan fingerprint density at radius 3 is 2.85 bits per heavy atom. The summed E-state index contributed by atoms with van der Waals surface area (Å²) in [4.78, 5) is 9.84. The van der Waals surface area contributed by atoms with E-state index in [0.717, 1.165) is 13.0 Å². The van der Waals surface area contributed by atoms with Crippen LogP contribution < -0.4 is 5.32 Å². The van der Waals surface area contributed by atoms with Gasteiger partial charge in [-0.3, -0.25) is 9.97 Å². The van der Waals surface area contributed by atoms with Gasteiger partial charge in [0.2, 0.25) is 0 Å². The first kappa shape index (κ1) is 13.2. The number of hydrogen-bond acceptors (Lipinski definition) is 4. The summed E-state index contributed by atoms with van der Waals surface area (Å²) in [6.07, 6.45) is 6.94. The van der Waals surface area contributed by atoms with Crippen LogP contribution in [0.5, 0.6) is 0 Å². The standard InChI is InChI=1S/C16H17N3S/c1-2-7-19-16(15-10-18-11-20-15)14-9-17-8-12-5-3-4-6-13(12)14/h3-6,8-11,16,19H,2,7H2,1H3. The topological polar surface area (TPSA) is 37.8 Å². The molecule has 3 nitrogen and oxygen atoms in total. The monoisotopic (exact) mass is 283 g/mol. The van der Waals surface area contributed by atoms with Crippen LogP contribution in [0.2, 0.25) is 0 Å². The van der Waals surface area contributed by atoms with E-state index >= 15 is 0 Å². The lowest BCUT2D eigenvalue weighted by molar-refractivity contribution is 0.607. The number of aromatic nitrogens is 2. The highest BCUT2D eigenvalue weighted by Gasteiger charge is 2.17. The van der Waals surface area contributed by atoms with Gasteiger partial charge < -0.3 is 5.32 Å². The molecule has 102 valence electrons. The van der Waals surface area contributed by atoms with E-state index in [1.165, 1.54) is 21.2 Å². The third kappa shape index (κ3) is 2.57. The van der Waals surface area contributed by atoms with E-state index in [1.807, 2.05) is 24.1 Å². The average Bonchev–Trinajstić information content (AvgIpc) is 3.02. The number of thiazole rings is 1. The molecule has 20 heavy (non-hydrogen) atoms. The van der Waals surface area contributed by atoms with E-state index in [2.05, 4.69) is 46.5 Å². The van der Waals surface area contributed by atoms with Crippen molar-refractivity contribution >= 4 is 22.1 Å². The highest BCUT2D eigenvalue weighted by atomic mass is 32.1. The molecule has 0 spiro atoms. The second kappa shape index (κ2) is 6.11. The van der Waals surface area contributed by atoms with Crippen molar-refractivity contribution in [2.75, 3.05) is 6.54 Å². The highest BCUT2D eigenvalue weighted by molar-refractivity contribution is 7.09. The molecule has 2 aromatic heterocycles. The molecule has 1 aromatic carbocycles. The van der Waals surface area contributed by atoms with Crippen molar-refractivity contribution in [2.24, 2.45) is 0 Å². The van der Waals surface area contributed by atoms with Crippen LogP contribution >= 0.6 is 11.3 Å². The van der Waals surface area contributed by atoms with Gasteiger partial charge in [0, 0.05) is 34.4 Å². The van der Waals surface area contributed by atoms with Crippen LogP contribution in [0.15, 0.2) is 48.4 Å². The van der Waals surface area contributed by atoms with Crippen LogP contribution in [-0.4, -0.2) is 16.5 Å². The van der Waals surface area contributed by atoms with Crippen LogP contribution in [0.25, 0.3) is 10.8 Å². The van der Waals surface area contributed by atoms with Gasteiger partial charge in [0.1, 0.15) is 0 Å². The molecule has 0 radical (unpaired) electrons. The number of fused-ring (bicyclic) bond motifs is 1. The van der Waals surface area contributed by atoms with Gasteiger partial charge in [-0.25, -0.2) is 0 Å². The Bertz CT molecular complexity index is 674. The summed E-state index contributed by atoms with van der Waals surface area (Å²) in [6, 6.07) is 8.56. The molecule has 1 unspecified atom stereocenters. The van der Waals surface area contributed by atoms with Crippen molar-refractivity contribution in [2.45, 2.75) is 19.4 Å². The van der Waals surface area contributed by atoms with Crippen LogP contribution in [-0.2, 0) is 0 Å². The smallest absolute Gasteiger partial charge is 0.0794 e. The molecule has 3 rings (SSSR count). The lowest BCUT2D eigenvalue weighted by Gasteiger charge is -2.18. The third-order valence-electron chi connectivity index (χ3n) is 3.34. The zero-order chi connectivity index (χ0) is 13.8. The fourth-order valence-electron chi connectivity index (χ4n) is 2.39. The van der Waals surface area contributed by atoms with E-state index in [0.29, 0.717) is 0 Å². The van der Waals surface area contributed by atoms with E-state index < -0.39 is 0 Å². The third-order valence-corrected chi connectivity index (χ3v) is 4.18. The van der Waals surface area contributed by atoms with E-state index in [-0.39, 0.29) is 6.04 Å². The first-order valence-corrected chi connectivity index (χ1v) is 7.72. The van der Waals surface area contributed by atoms with Gasteiger partial charge in [-0.2, -0.15) is 0 Å². The molecule has 0 aliphatic rings. The summed E-state index contributed by atoms with van der Waals surface area (Å²) in [5.74, 6) is 0. The van der Waals surface area contributed by atoms with Crippen LogP contribution in [0.3, 0.4) is 0 Å². The normalized spacial score (nSPS) is 12.7. The molecular formula is C16H17N3S. The lowest BCUT2D eigenvalue weighted by atomic mass is 10.0. The van der Waals surface area contributed by atoms with Crippen molar-refractivity contribution in [1.82, 2.24) is 15.3 Å². The van der Waals surface area contributed by atoms with Gasteiger partial charge in [0.15, 0.2) is 0 Å². The Kier molecular flexibility index (Phi) is 4.04. The molecule has 0 saturated heterocycles. The van der Waals surface area contributed by atoms with Crippen LogP contribution in [0, 0.1) is 0 Å². The Morgan fingerprint density at radius 2 is 2.05 bits per heavy atom. The fraction of sp³-hybridized carbons (Fsp3) is 0.250. The molecule has 4 heteroatoms. The minimum absolute atomic E-state index is 0.168. The van der Waals surface area contributed by atoms with Crippen LogP contribution in [0.1, 0.15) is 29.8 Å². The molecule has 1 atom stereocenters. The molecule has 0 aliphatic carbocycles. The predicted octanol–water partition coefficient (Wildman–Crippen LogP) is 3.78. The Hall–Kier alpha value is -1.78. The number of pyridine rings is 1. The number of nitrogens with zero attached hydrogens (tertiary/aromatic N) is 2. The molecule has 1 N–H and O–H groups in total. The largest absolute Gasteiger partial charge is 0.305 e. The molecule has 0 fully saturated rings. The summed E-state index contributed by atoms with van der Waals surface area (Å²) in [7, 11) is 0. The van der Waals surface area contributed by atoms with Gasteiger partial charge in [-0.05, 0) is 18.4 Å². The number of hydrogen-bond donors (Lipinski definition) is 1. The van der Waals surface area contributed by atoms with E-state index in [1.54, 1.807) is 11.3 Å². The maximum absolute atomic E-state index is 4.40.